The molecule has 0 atom stereocenters. The number of fused-ring (bicyclic) bond motifs is 1. The molecule has 2 aromatic heterocycles. The third-order valence-corrected chi connectivity index (χ3v) is 3.30. The first kappa shape index (κ1) is 13.2. The molecule has 3 rings (SSSR count). The fraction of sp³-hybridized carbons (Fsp3) is 0.214. The number of H-pyrrole nitrogens is 1. The molecular weight excluding hydrogens is 268 g/mol. The largest absolute Gasteiger partial charge is 0.378 e. The van der Waals surface area contributed by atoms with Crippen molar-refractivity contribution in [3.8, 4) is 0 Å². The number of anilines is 2. The third-order valence-electron chi connectivity index (χ3n) is 3.30. The van der Waals surface area contributed by atoms with Gasteiger partial charge in [0, 0.05) is 19.8 Å². The molecule has 7 nitrogen and oxygen atoms in total. The number of nitrogen functional groups attached to an aromatic ring is 1. The van der Waals surface area contributed by atoms with Crippen LogP contribution in [0.5, 0.6) is 0 Å². The van der Waals surface area contributed by atoms with Crippen LogP contribution in [-0.2, 0) is 6.54 Å². The van der Waals surface area contributed by atoms with Crippen molar-refractivity contribution in [2.75, 3.05) is 24.7 Å². The SMILES string of the molecule is CN(C)c1ccc(Cn2cnc3c(=O)[nH]c(N)nc32)cc1. The molecule has 0 unspecified atom stereocenters. The number of rotatable bonds is 3. The van der Waals surface area contributed by atoms with E-state index < -0.39 is 0 Å². The van der Waals surface area contributed by atoms with Gasteiger partial charge in [-0.1, -0.05) is 12.1 Å². The lowest BCUT2D eigenvalue weighted by Crippen LogP contribution is -2.12. The highest BCUT2D eigenvalue weighted by atomic mass is 16.1. The molecule has 0 saturated carbocycles. The molecule has 3 aromatic rings. The Bertz CT molecular complexity index is 831. The minimum absolute atomic E-state index is 0.0946. The average molecular weight is 284 g/mol. The first-order chi connectivity index (χ1) is 10.0. The van der Waals surface area contributed by atoms with Crippen molar-refractivity contribution in [1.82, 2.24) is 19.5 Å². The summed E-state index contributed by atoms with van der Waals surface area (Å²) in [6, 6.07) is 8.17. The van der Waals surface area contributed by atoms with Crippen LogP contribution in [0.1, 0.15) is 5.56 Å². The quantitative estimate of drug-likeness (QED) is 0.742. The summed E-state index contributed by atoms with van der Waals surface area (Å²) in [7, 11) is 3.99. The van der Waals surface area contributed by atoms with E-state index in [2.05, 4.69) is 15.0 Å². The summed E-state index contributed by atoms with van der Waals surface area (Å²) < 4.78 is 1.81. The fourth-order valence-electron chi connectivity index (χ4n) is 2.18. The first-order valence-electron chi connectivity index (χ1n) is 6.51. The smallest absolute Gasteiger partial charge is 0.280 e. The van der Waals surface area contributed by atoms with E-state index in [4.69, 9.17) is 5.73 Å². The molecule has 0 fully saturated rings. The van der Waals surface area contributed by atoms with Crippen molar-refractivity contribution in [2.45, 2.75) is 6.54 Å². The third kappa shape index (κ3) is 2.45. The standard InChI is InChI=1S/C14H16N6O/c1-19(2)10-5-3-9(4-6-10)7-20-8-16-11-12(20)17-14(15)18-13(11)21/h3-6,8H,7H2,1-2H3,(H3,15,17,18,21). The van der Waals surface area contributed by atoms with Gasteiger partial charge < -0.3 is 15.2 Å². The van der Waals surface area contributed by atoms with Crippen LogP contribution in [0, 0.1) is 0 Å². The minimum Gasteiger partial charge on any atom is -0.378 e. The predicted octanol–water partition coefficient (Wildman–Crippen LogP) is 0.816. The minimum atomic E-state index is -0.320. The molecule has 0 aliphatic heterocycles. The molecule has 0 bridgehead atoms. The number of aromatic nitrogens is 4. The zero-order valence-corrected chi connectivity index (χ0v) is 11.9. The lowest BCUT2D eigenvalue weighted by molar-refractivity contribution is 0.813. The molecule has 0 radical (unpaired) electrons. The molecule has 1 aromatic carbocycles. The number of imidazole rings is 1. The van der Waals surface area contributed by atoms with E-state index in [1.807, 2.05) is 47.8 Å². The fourth-order valence-corrected chi connectivity index (χ4v) is 2.18. The van der Waals surface area contributed by atoms with Gasteiger partial charge in [0.05, 0.1) is 12.9 Å². The average Bonchev–Trinajstić information content (AvgIpc) is 2.83. The van der Waals surface area contributed by atoms with E-state index in [0.717, 1.165) is 11.3 Å². The Balaban J connectivity index is 1.96. The van der Waals surface area contributed by atoms with Crippen molar-refractivity contribution < 1.29 is 0 Å². The Morgan fingerprint density at radius 1 is 1.29 bits per heavy atom. The van der Waals surface area contributed by atoms with Gasteiger partial charge in [0.15, 0.2) is 11.2 Å². The van der Waals surface area contributed by atoms with E-state index in [-0.39, 0.29) is 11.5 Å². The van der Waals surface area contributed by atoms with E-state index in [9.17, 15) is 4.79 Å². The molecule has 2 heterocycles. The molecule has 0 spiro atoms. The molecular formula is C14H16N6O. The van der Waals surface area contributed by atoms with Crippen LogP contribution >= 0.6 is 0 Å². The maximum Gasteiger partial charge on any atom is 0.280 e. The van der Waals surface area contributed by atoms with Crippen LogP contribution in [-0.4, -0.2) is 33.6 Å². The second-order valence-electron chi connectivity index (χ2n) is 5.06. The van der Waals surface area contributed by atoms with Crippen molar-refractivity contribution in [3.63, 3.8) is 0 Å². The Hall–Kier alpha value is -2.83. The van der Waals surface area contributed by atoms with Gasteiger partial charge in [-0.3, -0.25) is 9.78 Å². The van der Waals surface area contributed by atoms with E-state index in [1.54, 1.807) is 6.33 Å². The lowest BCUT2D eigenvalue weighted by atomic mass is 10.2. The topological polar surface area (TPSA) is 92.8 Å². The number of benzene rings is 1. The highest BCUT2D eigenvalue weighted by Crippen LogP contribution is 2.15. The Kier molecular flexibility index (Phi) is 3.09. The van der Waals surface area contributed by atoms with Crippen molar-refractivity contribution in [1.29, 1.82) is 0 Å². The molecule has 21 heavy (non-hydrogen) atoms. The van der Waals surface area contributed by atoms with Crippen LogP contribution in [0.2, 0.25) is 0 Å². The van der Waals surface area contributed by atoms with Gasteiger partial charge in [-0.2, -0.15) is 4.98 Å². The van der Waals surface area contributed by atoms with Gasteiger partial charge in [0.1, 0.15) is 0 Å². The molecule has 7 heteroatoms. The zero-order valence-electron chi connectivity index (χ0n) is 11.9. The number of nitrogens with one attached hydrogen (secondary N) is 1. The van der Waals surface area contributed by atoms with Gasteiger partial charge >= 0.3 is 0 Å². The van der Waals surface area contributed by atoms with E-state index in [0.29, 0.717) is 17.7 Å². The van der Waals surface area contributed by atoms with Gasteiger partial charge in [0.25, 0.3) is 5.56 Å². The van der Waals surface area contributed by atoms with E-state index in [1.165, 1.54) is 0 Å². The van der Waals surface area contributed by atoms with E-state index >= 15 is 0 Å². The lowest BCUT2D eigenvalue weighted by Gasteiger charge is -2.12. The summed E-state index contributed by atoms with van der Waals surface area (Å²) >= 11 is 0. The number of nitrogens with two attached hydrogens (primary N) is 1. The van der Waals surface area contributed by atoms with Crippen molar-refractivity contribution in [2.24, 2.45) is 0 Å². The zero-order chi connectivity index (χ0) is 15.0. The van der Waals surface area contributed by atoms with Crippen molar-refractivity contribution >= 4 is 22.8 Å². The normalized spacial score (nSPS) is 11.0. The first-order valence-corrected chi connectivity index (χ1v) is 6.51. The van der Waals surface area contributed by atoms with Gasteiger partial charge in [0.2, 0.25) is 5.95 Å². The molecule has 0 aliphatic rings. The number of hydrogen-bond acceptors (Lipinski definition) is 5. The van der Waals surface area contributed by atoms with Gasteiger partial charge in [-0.15, -0.1) is 0 Å². The Labute approximate surface area is 121 Å². The summed E-state index contributed by atoms with van der Waals surface area (Å²) in [6.07, 6.45) is 1.60. The Morgan fingerprint density at radius 3 is 2.67 bits per heavy atom. The Morgan fingerprint density at radius 2 is 2.00 bits per heavy atom. The highest BCUT2D eigenvalue weighted by molar-refractivity contribution is 5.70. The molecule has 0 saturated heterocycles. The summed E-state index contributed by atoms with van der Waals surface area (Å²) in [4.78, 5) is 24.5. The summed E-state index contributed by atoms with van der Waals surface area (Å²) in [5.74, 6) is 0.0946. The van der Waals surface area contributed by atoms with Gasteiger partial charge in [-0.25, -0.2) is 4.98 Å². The second kappa shape index (κ2) is 4.93. The van der Waals surface area contributed by atoms with Crippen molar-refractivity contribution in [3.05, 3.63) is 46.5 Å². The number of hydrogen-bond donors (Lipinski definition) is 2. The van der Waals surface area contributed by atoms with Crippen LogP contribution < -0.4 is 16.2 Å². The summed E-state index contributed by atoms with van der Waals surface area (Å²) in [5, 5.41) is 0. The monoisotopic (exact) mass is 284 g/mol. The summed E-state index contributed by atoms with van der Waals surface area (Å²) in [5.41, 5.74) is 8.29. The van der Waals surface area contributed by atoms with Crippen LogP contribution in [0.15, 0.2) is 35.4 Å². The van der Waals surface area contributed by atoms with Crippen LogP contribution in [0.4, 0.5) is 11.6 Å². The molecule has 108 valence electrons. The maximum absolute atomic E-state index is 11.7. The molecule has 3 N–H and O–H groups in total. The highest BCUT2D eigenvalue weighted by Gasteiger charge is 2.09. The van der Waals surface area contributed by atoms with Crippen LogP contribution in [0.3, 0.4) is 0 Å². The maximum atomic E-state index is 11.7. The molecule has 0 amide bonds. The number of aromatic amines is 1. The number of nitrogens with zero attached hydrogens (tertiary/aromatic N) is 4. The van der Waals surface area contributed by atoms with Crippen LogP contribution in [0.25, 0.3) is 11.2 Å². The molecule has 0 aliphatic carbocycles. The predicted molar refractivity (Wildman–Crippen MR) is 82.4 cm³/mol. The second-order valence-corrected chi connectivity index (χ2v) is 5.06. The van der Waals surface area contributed by atoms with Gasteiger partial charge in [-0.05, 0) is 17.7 Å². The summed E-state index contributed by atoms with van der Waals surface area (Å²) in [6.45, 7) is 0.583.